The van der Waals surface area contributed by atoms with E-state index in [4.69, 9.17) is 5.11 Å². The third-order valence-corrected chi connectivity index (χ3v) is 3.30. The number of hydrogen-bond acceptors (Lipinski definition) is 1. The molecule has 0 bridgehead atoms. The van der Waals surface area contributed by atoms with Gasteiger partial charge in [-0.15, -0.1) is 0 Å². The van der Waals surface area contributed by atoms with Crippen molar-refractivity contribution in [2.45, 2.75) is 18.8 Å². The Kier molecular flexibility index (Phi) is 4.59. The zero-order chi connectivity index (χ0) is 18.1. The molecule has 0 heterocycles. The molecule has 1 N–H and O–H groups in total. The number of rotatable bonds is 3. The van der Waals surface area contributed by atoms with Crippen LogP contribution >= 0.6 is 0 Å². The highest BCUT2D eigenvalue weighted by Crippen LogP contribution is 2.36. The molecule has 0 atom stereocenters. The van der Waals surface area contributed by atoms with Gasteiger partial charge in [-0.05, 0) is 34.9 Å². The molecule has 0 saturated heterocycles. The van der Waals surface area contributed by atoms with Gasteiger partial charge in [0.15, 0.2) is 0 Å². The third kappa shape index (κ3) is 4.06. The van der Waals surface area contributed by atoms with E-state index in [9.17, 15) is 31.1 Å². The summed E-state index contributed by atoms with van der Waals surface area (Å²) in [4.78, 5) is 10.7. The lowest BCUT2D eigenvalue weighted by Crippen LogP contribution is -2.12. The van der Waals surface area contributed by atoms with Crippen LogP contribution in [0.15, 0.2) is 42.5 Å². The monoisotopic (exact) mass is 348 g/mol. The minimum Gasteiger partial charge on any atom is -0.481 e. The number of aliphatic carboxylic acids is 1. The highest BCUT2D eigenvalue weighted by molar-refractivity contribution is 5.72. The fraction of sp³-hybridized carbons (Fsp3) is 0.188. The van der Waals surface area contributed by atoms with Gasteiger partial charge < -0.3 is 5.11 Å². The molecule has 0 aliphatic rings. The first-order valence-corrected chi connectivity index (χ1v) is 6.58. The van der Waals surface area contributed by atoms with Crippen molar-refractivity contribution in [3.8, 4) is 11.1 Å². The molecule has 0 saturated carbocycles. The quantitative estimate of drug-likeness (QED) is 0.791. The lowest BCUT2D eigenvalue weighted by atomic mass is 9.96. The van der Waals surface area contributed by atoms with Crippen molar-refractivity contribution < 1.29 is 36.2 Å². The molecule has 128 valence electrons. The molecule has 0 amide bonds. The van der Waals surface area contributed by atoms with Gasteiger partial charge in [0.25, 0.3) is 0 Å². The maximum Gasteiger partial charge on any atom is 0.416 e. The lowest BCUT2D eigenvalue weighted by Gasteiger charge is -2.14. The second-order valence-corrected chi connectivity index (χ2v) is 5.02. The molecule has 2 aromatic carbocycles. The first-order valence-electron chi connectivity index (χ1n) is 6.58. The molecular formula is C16H10F6O2. The van der Waals surface area contributed by atoms with Gasteiger partial charge >= 0.3 is 18.3 Å². The summed E-state index contributed by atoms with van der Waals surface area (Å²) in [6.07, 6.45) is -10.1. The van der Waals surface area contributed by atoms with Crippen molar-refractivity contribution in [1.29, 1.82) is 0 Å². The van der Waals surface area contributed by atoms with Crippen molar-refractivity contribution in [2.24, 2.45) is 0 Å². The number of carboxylic acid groups (broad SMARTS) is 1. The smallest absolute Gasteiger partial charge is 0.416 e. The van der Waals surface area contributed by atoms with Crippen LogP contribution < -0.4 is 0 Å². The first-order chi connectivity index (χ1) is 11.0. The van der Waals surface area contributed by atoms with E-state index in [1.165, 1.54) is 6.07 Å². The Hall–Kier alpha value is -2.51. The molecule has 0 spiro atoms. The minimum absolute atomic E-state index is 0.0465. The Bertz CT molecular complexity index is 745. The summed E-state index contributed by atoms with van der Waals surface area (Å²) >= 11 is 0. The lowest BCUT2D eigenvalue weighted by molar-refractivity contribution is -0.140. The van der Waals surface area contributed by atoms with Gasteiger partial charge in [-0.3, -0.25) is 4.79 Å². The van der Waals surface area contributed by atoms with Crippen LogP contribution in [-0.4, -0.2) is 11.1 Å². The van der Waals surface area contributed by atoms with Crippen LogP contribution in [0.1, 0.15) is 16.7 Å². The zero-order valence-corrected chi connectivity index (χ0v) is 11.9. The SMILES string of the molecule is O=C(O)Cc1ccc(-c2ccc(C(F)(F)F)cc2)cc1C(F)(F)F. The van der Waals surface area contributed by atoms with Crippen LogP contribution in [0.25, 0.3) is 11.1 Å². The Morgan fingerprint density at radius 2 is 1.38 bits per heavy atom. The fourth-order valence-electron chi connectivity index (χ4n) is 2.19. The number of benzene rings is 2. The van der Waals surface area contributed by atoms with E-state index in [2.05, 4.69) is 0 Å². The second-order valence-electron chi connectivity index (χ2n) is 5.02. The van der Waals surface area contributed by atoms with Crippen molar-refractivity contribution >= 4 is 5.97 Å². The molecule has 2 nitrogen and oxygen atoms in total. The molecule has 24 heavy (non-hydrogen) atoms. The van der Waals surface area contributed by atoms with Gasteiger partial charge in [-0.25, -0.2) is 0 Å². The van der Waals surface area contributed by atoms with Gasteiger partial charge in [0, 0.05) is 0 Å². The van der Waals surface area contributed by atoms with Crippen LogP contribution in [0.4, 0.5) is 26.3 Å². The highest BCUT2D eigenvalue weighted by Gasteiger charge is 2.34. The average Bonchev–Trinajstić information content (AvgIpc) is 2.45. The number of halogens is 6. The molecule has 0 radical (unpaired) electrons. The van der Waals surface area contributed by atoms with Crippen molar-refractivity contribution in [1.82, 2.24) is 0 Å². The summed E-state index contributed by atoms with van der Waals surface area (Å²) in [6.45, 7) is 0. The minimum atomic E-state index is -4.77. The number of carboxylic acids is 1. The maximum atomic E-state index is 13.1. The van der Waals surface area contributed by atoms with Crippen molar-refractivity contribution in [3.05, 3.63) is 59.2 Å². The summed E-state index contributed by atoms with van der Waals surface area (Å²) in [7, 11) is 0. The second kappa shape index (κ2) is 6.18. The van der Waals surface area contributed by atoms with E-state index in [1.54, 1.807) is 0 Å². The van der Waals surface area contributed by atoms with Crippen LogP contribution in [0.3, 0.4) is 0 Å². The predicted molar refractivity (Wildman–Crippen MR) is 73.2 cm³/mol. The summed E-state index contributed by atoms with van der Waals surface area (Å²) in [5.74, 6) is -1.41. The maximum absolute atomic E-state index is 13.1. The van der Waals surface area contributed by atoms with E-state index in [-0.39, 0.29) is 11.1 Å². The Balaban J connectivity index is 2.46. The van der Waals surface area contributed by atoms with Gasteiger partial charge in [0.05, 0.1) is 17.5 Å². The Labute approximate surface area is 132 Å². The third-order valence-electron chi connectivity index (χ3n) is 3.30. The standard InChI is InChI=1S/C16H10F6O2/c17-15(18,19)12-5-3-9(4-6-12)10-1-2-11(8-14(23)24)13(7-10)16(20,21)22/h1-7H,8H2,(H,23,24). The molecule has 8 heteroatoms. The first kappa shape index (κ1) is 17.8. The number of hydrogen-bond donors (Lipinski definition) is 1. The number of alkyl halides is 6. The summed E-state index contributed by atoms with van der Waals surface area (Å²) in [6, 6.07) is 6.67. The molecule has 0 aliphatic carbocycles. The summed E-state index contributed by atoms with van der Waals surface area (Å²) in [5, 5.41) is 8.68. The van der Waals surface area contributed by atoms with Crippen LogP contribution in [0.2, 0.25) is 0 Å². The van der Waals surface area contributed by atoms with Gasteiger partial charge in [-0.2, -0.15) is 26.3 Å². The van der Waals surface area contributed by atoms with Crippen molar-refractivity contribution in [2.75, 3.05) is 0 Å². The van der Waals surface area contributed by atoms with Gasteiger partial charge in [0.2, 0.25) is 0 Å². The summed E-state index contributed by atoms with van der Waals surface area (Å²) < 4.78 is 76.8. The molecule has 0 unspecified atom stereocenters. The highest BCUT2D eigenvalue weighted by atomic mass is 19.4. The van der Waals surface area contributed by atoms with Crippen LogP contribution in [0.5, 0.6) is 0 Å². The molecule has 2 rings (SSSR count). The number of carbonyl (C=O) groups is 1. The van der Waals surface area contributed by atoms with E-state index >= 15 is 0 Å². The van der Waals surface area contributed by atoms with Gasteiger partial charge in [0.1, 0.15) is 0 Å². The largest absolute Gasteiger partial charge is 0.481 e. The van der Waals surface area contributed by atoms with Crippen LogP contribution in [0, 0.1) is 0 Å². The zero-order valence-electron chi connectivity index (χ0n) is 11.9. The summed E-state index contributed by atoms with van der Waals surface area (Å²) in [5.41, 5.74) is -2.24. The van der Waals surface area contributed by atoms with E-state index in [0.29, 0.717) is 0 Å². The predicted octanol–water partition coefficient (Wildman–Crippen LogP) is 5.02. The van der Waals surface area contributed by atoms with E-state index in [1.807, 2.05) is 0 Å². The van der Waals surface area contributed by atoms with E-state index < -0.39 is 41.4 Å². The molecule has 0 aromatic heterocycles. The Morgan fingerprint density at radius 3 is 1.83 bits per heavy atom. The Morgan fingerprint density at radius 1 is 0.833 bits per heavy atom. The fourth-order valence-corrected chi connectivity index (χ4v) is 2.19. The topological polar surface area (TPSA) is 37.3 Å². The van der Waals surface area contributed by atoms with E-state index in [0.717, 1.165) is 36.4 Å². The molecule has 2 aromatic rings. The molecular weight excluding hydrogens is 338 g/mol. The molecule has 0 fully saturated rings. The molecule has 0 aliphatic heterocycles. The van der Waals surface area contributed by atoms with Crippen LogP contribution in [-0.2, 0) is 23.6 Å². The van der Waals surface area contributed by atoms with Crippen molar-refractivity contribution in [3.63, 3.8) is 0 Å². The average molecular weight is 348 g/mol. The van der Waals surface area contributed by atoms with Gasteiger partial charge in [-0.1, -0.05) is 24.3 Å². The normalized spacial score (nSPS) is 12.2.